The van der Waals surface area contributed by atoms with Crippen molar-refractivity contribution in [2.45, 2.75) is 19.4 Å². The second-order valence-corrected chi connectivity index (χ2v) is 7.70. The Bertz CT molecular complexity index is 950. The number of imide groups is 1. The molecule has 6 nitrogen and oxygen atoms in total. The molecule has 1 atom stereocenters. The van der Waals surface area contributed by atoms with Crippen molar-refractivity contribution in [1.29, 1.82) is 0 Å². The van der Waals surface area contributed by atoms with Crippen LogP contribution in [0.4, 0.5) is 10.5 Å². The molecule has 1 fully saturated rings. The van der Waals surface area contributed by atoms with E-state index in [2.05, 4.69) is 26.6 Å². The number of nitrogens with one attached hydrogen (secondary N) is 2. The Hall–Kier alpha value is -2.38. The second kappa shape index (κ2) is 7.32. The molecule has 0 spiro atoms. The normalized spacial score (nSPS) is 19.2. The first kappa shape index (κ1) is 19.4. The number of urea groups is 1. The molecule has 27 heavy (non-hydrogen) atoms. The summed E-state index contributed by atoms with van der Waals surface area (Å²) in [5.74, 6) is -0.994. The van der Waals surface area contributed by atoms with E-state index in [1.165, 1.54) is 0 Å². The van der Waals surface area contributed by atoms with Crippen LogP contribution in [0.15, 0.2) is 46.9 Å². The molecule has 1 saturated heterocycles. The highest BCUT2D eigenvalue weighted by molar-refractivity contribution is 9.10. The maximum atomic E-state index is 12.9. The van der Waals surface area contributed by atoms with E-state index in [0.717, 1.165) is 14.9 Å². The molecule has 1 aliphatic rings. The van der Waals surface area contributed by atoms with Gasteiger partial charge in [-0.25, -0.2) is 4.79 Å². The van der Waals surface area contributed by atoms with Gasteiger partial charge in [0.15, 0.2) is 0 Å². The van der Waals surface area contributed by atoms with Gasteiger partial charge in [0, 0.05) is 20.7 Å². The summed E-state index contributed by atoms with van der Waals surface area (Å²) in [7, 11) is 0. The Morgan fingerprint density at radius 2 is 1.96 bits per heavy atom. The Kier molecular flexibility index (Phi) is 5.26. The number of halogens is 2. The lowest BCUT2D eigenvalue weighted by atomic mass is 9.92. The van der Waals surface area contributed by atoms with Crippen molar-refractivity contribution < 1.29 is 14.4 Å². The van der Waals surface area contributed by atoms with Gasteiger partial charge in [-0.05, 0) is 43.7 Å². The highest BCUT2D eigenvalue weighted by Crippen LogP contribution is 2.33. The van der Waals surface area contributed by atoms with Gasteiger partial charge in [-0.15, -0.1) is 0 Å². The number of aryl methyl sites for hydroxylation is 1. The lowest BCUT2D eigenvalue weighted by molar-refractivity contribution is -0.133. The molecule has 0 bridgehead atoms. The van der Waals surface area contributed by atoms with E-state index in [1.54, 1.807) is 43.3 Å². The van der Waals surface area contributed by atoms with E-state index in [9.17, 15) is 14.4 Å². The van der Waals surface area contributed by atoms with Crippen LogP contribution in [0.25, 0.3) is 0 Å². The number of carbonyl (C=O) groups is 3. The van der Waals surface area contributed by atoms with Crippen molar-refractivity contribution in [3.63, 3.8) is 0 Å². The molecule has 140 valence electrons. The summed E-state index contributed by atoms with van der Waals surface area (Å²) in [6.45, 7) is 3.08. The molecule has 4 amide bonds. The highest BCUT2D eigenvalue weighted by atomic mass is 79.9. The topological polar surface area (TPSA) is 78.5 Å². The molecule has 0 saturated carbocycles. The van der Waals surface area contributed by atoms with Crippen LogP contribution in [-0.4, -0.2) is 29.3 Å². The molecule has 2 aromatic carbocycles. The summed E-state index contributed by atoms with van der Waals surface area (Å²) >= 11 is 9.58. The smallest absolute Gasteiger partial charge is 0.325 e. The minimum atomic E-state index is -1.32. The molecule has 2 aromatic rings. The van der Waals surface area contributed by atoms with Crippen LogP contribution >= 0.6 is 27.5 Å². The Balaban J connectivity index is 1.76. The van der Waals surface area contributed by atoms with Crippen molar-refractivity contribution in [3.05, 3.63) is 63.1 Å². The van der Waals surface area contributed by atoms with Crippen molar-refractivity contribution in [3.8, 4) is 0 Å². The summed E-state index contributed by atoms with van der Waals surface area (Å²) in [5.41, 5.74) is 0.705. The molecule has 2 N–H and O–H groups in total. The Morgan fingerprint density at radius 3 is 2.63 bits per heavy atom. The minimum absolute atomic E-state index is 0.366. The maximum absolute atomic E-state index is 12.9. The molecular weight excluding hydrogens is 434 g/mol. The predicted molar refractivity (Wildman–Crippen MR) is 107 cm³/mol. The average Bonchev–Trinajstić information content (AvgIpc) is 2.82. The summed E-state index contributed by atoms with van der Waals surface area (Å²) in [4.78, 5) is 38.5. The number of hydrogen-bond acceptors (Lipinski definition) is 3. The quantitative estimate of drug-likeness (QED) is 0.695. The van der Waals surface area contributed by atoms with Crippen LogP contribution in [0.2, 0.25) is 5.02 Å². The first-order chi connectivity index (χ1) is 12.7. The summed E-state index contributed by atoms with van der Waals surface area (Å²) < 4.78 is 0.921. The zero-order valence-electron chi connectivity index (χ0n) is 14.7. The first-order valence-electron chi connectivity index (χ1n) is 8.17. The van der Waals surface area contributed by atoms with E-state index in [-0.39, 0.29) is 6.54 Å². The lowest BCUT2D eigenvalue weighted by Gasteiger charge is -2.23. The SMILES string of the molecule is Cc1cc(NC(=O)CN2C(=O)NC(C)(c3ccccc3Cl)C2=O)ccc1Br. The predicted octanol–water partition coefficient (Wildman–Crippen LogP) is 3.82. The molecule has 0 aromatic heterocycles. The minimum Gasteiger partial charge on any atom is -0.325 e. The van der Waals surface area contributed by atoms with E-state index in [4.69, 9.17) is 11.6 Å². The number of hydrogen-bond donors (Lipinski definition) is 2. The zero-order valence-corrected chi connectivity index (χ0v) is 17.0. The molecule has 0 radical (unpaired) electrons. The lowest BCUT2D eigenvalue weighted by Crippen LogP contribution is -2.42. The van der Waals surface area contributed by atoms with E-state index in [0.29, 0.717) is 16.3 Å². The van der Waals surface area contributed by atoms with Crippen LogP contribution in [0, 0.1) is 6.92 Å². The third-order valence-corrected chi connectivity index (χ3v) is 5.65. The Morgan fingerprint density at radius 1 is 1.26 bits per heavy atom. The molecule has 0 aliphatic carbocycles. The van der Waals surface area contributed by atoms with Gasteiger partial charge in [-0.3, -0.25) is 14.5 Å². The fourth-order valence-electron chi connectivity index (χ4n) is 2.96. The van der Waals surface area contributed by atoms with Crippen molar-refractivity contribution >= 4 is 51.1 Å². The molecule has 3 rings (SSSR count). The first-order valence-corrected chi connectivity index (χ1v) is 9.34. The standard InChI is InChI=1S/C19H17BrClN3O3/c1-11-9-12(7-8-14(11)20)22-16(25)10-24-17(26)19(2,23-18(24)27)13-5-3-4-6-15(13)21/h3-9H,10H2,1-2H3,(H,22,25)(H,23,27). The monoisotopic (exact) mass is 449 g/mol. The third kappa shape index (κ3) is 3.70. The van der Waals surface area contributed by atoms with Gasteiger partial charge in [0.1, 0.15) is 12.1 Å². The fourth-order valence-corrected chi connectivity index (χ4v) is 3.53. The molecular formula is C19H17BrClN3O3. The number of carbonyl (C=O) groups excluding carboxylic acids is 3. The van der Waals surface area contributed by atoms with Crippen molar-refractivity contribution in [2.24, 2.45) is 0 Å². The summed E-state index contributed by atoms with van der Waals surface area (Å²) in [6, 6.07) is 11.5. The number of nitrogens with zero attached hydrogens (tertiary/aromatic N) is 1. The van der Waals surface area contributed by atoms with Crippen LogP contribution in [-0.2, 0) is 15.1 Å². The number of amides is 4. The van der Waals surface area contributed by atoms with Gasteiger partial charge in [0.2, 0.25) is 5.91 Å². The Labute approximate surface area is 170 Å². The number of rotatable bonds is 4. The van der Waals surface area contributed by atoms with E-state index in [1.807, 2.05) is 13.0 Å². The van der Waals surface area contributed by atoms with Crippen LogP contribution in [0.5, 0.6) is 0 Å². The zero-order chi connectivity index (χ0) is 19.8. The van der Waals surface area contributed by atoms with Crippen molar-refractivity contribution in [1.82, 2.24) is 10.2 Å². The van der Waals surface area contributed by atoms with Gasteiger partial charge in [0.25, 0.3) is 5.91 Å². The number of anilines is 1. The van der Waals surface area contributed by atoms with Gasteiger partial charge in [-0.1, -0.05) is 45.7 Å². The largest absolute Gasteiger partial charge is 0.325 e. The molecule has 1 aliphatic heterocycles. The molecule has 1 unspecified atom stereocenters. The van der Waals surface area contributed by atoms with Gasteiger partial charge < -0.3 is 10.6 Å². The van der Waals surface area contributed by atoms with Crippen LogP contribution in [0.3, 0.4) is 0 Å². The fraction of sp³-hybridized carbons (Fsp3) is 0.211. The molecule has 1 heterocycles. The van der Waals surface area contributed by atoms with Crippen LogP contribution in [0.1, 0.15) is 18.1 Å². The third-order valence-electron chi connectivity index (χ3n) is 4.43. The average molecular weight is 451 g/mol. The van der Waals surface area contributed by atoms with Gasteiger partial charge in [-0.2, -0.15) is 0 Å². The van der Waals surface area contributed by atoms with E-state index < -0.39 is 23.4 Å². The summed E-state index contributed by atoms with van der Waals surface area (Å²) in [6.07, 6.45) is 0. The molecule has 8 heteroatoms. The van der Waals surface area contributed by atoms with Gasteiger partial charge in [0.05, 0.1) is 0 Å². The summed E-state index contributed by atoms with van der Waals surface area (Å²) in [5, 5.41) is 5.70. The number of benzene rings is 2. The van der Waals surface area contributed by atoms with E-state index >= 15 is 0 Å². The second-order valence-electron chi connectivity index (χ2n) is 6.44. The maximum Gasteiger partial charge on any atom is 0.325 e. The van der Waals surface area contributed by atoms with Gasteiger partial charge >= 0.3 is 6.03 Å². The van der Waals surface area contributed by atoms with Crippen LogP contribution < -0.4 is 10.6 Å². The highest BCUT2D eigenvalue weighted by Gasteiger charge is 2.50. The van der Waals surface area contributed by atoms with Crippen molar-refractivity contribution in [2.75, 3.05) is 11.9 Å².